The van der Waals surface area contributed by atoms with Crippen LogP contribution in [0.15, 0.2) is 54.6 Å². The SMILES string of the molecule is Cc1cccc(COc2ccc([C@@H]3CC(=O)Nc4c3c(C)nn4-c3nc(C)cc(C)n3)cc2)c1. The third-order valence-electron chi connectivity index (χ3n) is 6.03. The Labute approximate surface area is 198 Å². The van der Waals surface area contributed by atoms with Gasteiger partial charge in [-0.15, -0.1) is 0 Å². The van der Waals surface area contributed by atoms with Crippen molar-refractivity contribution in [1.82, 2.24) is 19.7 Å². The van der Waals surface area contributed by atoms with Crippen molar-refractivity contribution >= 4 is 11.7 Å². The van der Waals surface area contributed by atoms with Crippen LogP contribution in [-0.2, 0) is 11.4 Å². The largest absolute Gasteiger partial charge is 0.489 e. The van der Waals surface area contributed by atoms with E-state index in [1.165, 1.54) is 5.56 Å². The zero-order chi connectivity index (χ0) is 23.8. The highest BCUT2D eigenvalue weighted by Crippen LogP contribution is 2.40. The number of hydrogen-bond donors (Lipinski definition) is 1. The maximum atomic E-state index is 12.7. The predicted molar refractivity (Wildman–Crippen MR) is 130 cm³/mol. The van der Waals surface area contributed by atoms with E-state index >= 15 is 0 Å². The maximum Gasteiger partial charge on any atom is 0.252 e. The molecule has 34 heavy (non-hydrogen) atoms. The highest BCUT2D eigenvalue weighted by Gasteiger charge is 2.33. The van der Waals surface area contributed by atoms with Gasteiger partial charge in [0.2, 0.25) is 5.91 Å². The minimum Gasteiger partial charge on any atom is -0.489 e. The van der Waals surface area contributed by atoms with Gasteiger partial charge in [-0.2, -0.15) is 9.78 Å². The van der Waals surface area contributed by atoms with E-state index in [9.17, 15) is 4.79 Å². The minimum atomic E-state index is -0.103. The number of ether oxygens (including phenoxy) is 1. The smallest absolute Gasteiger partial charge is 0.252 e. The van der Waals surface area contributed by atoms with Gasteiger partial charge in [0.15, 0.2) is 0 Å². The molecule has 3 heterocycles. The van der Waals surface area contributed by atoms with Gasteiger partial charge < -0.3 is 10.1 Å². The molecule has 0 saturated carbocycles. The van der Waals surface area contributed by atoms with E-state index in [1.54, 1.807) is 4.68 Å². The van der Waals surface area contributed by atoms with E-state index in [2.05, 4.69) is 40.4 Å². The number of aromatic nitrogens is 4. The molecule has 2 aromatic carbocycles. The van der Waals surface area contributed by atoms with Crippen LogP contribution in [0.2, 0.25) is 0 Å². The van der Waals surface area contributed by atoms with Crippen molar-refractivity contribution in [2.24, 2.45) is 0 Å². The average Bonchev–Trinajstić information content (AvgIpc) is 3.13. The van der Waals surface area contributed by atoms with Gasteiger partial charge in [-0.05, 0) is 57.0 Å². The lowest BCUT2D eigenvalue weighted by Gasteiger charge is -2.24. The quantitative estimate of drug-likeness (QED) is 0.462. The Morgan fingerprint density at radius 1 is 1.00 bits per heavy atom. The Hall–Kier alpha value is -4.00. The molecule has 1 aliphatic heterocycles. The molecule has 0 aliphatic carbocycles. The fraction of sp³-hybridized carbons (Fsp3) is 0.259. The maximum absolute atomic E-state index is 12.7. The first-order chi connectivity index (χ1) is 16.4. The second-order valence-corrected chi connectivity index (χ2v) is 8.86. The van der Waals surface area contributed by atoms with Crippen LogP contribution in [0.25, 0.3) is 5.95 Å². The van der Waals surface area contributed by atoms with Crippen molar-refractivity contribution in [3.05, 3.63) is 93.9 Å². The summed E-state index contributed by atoms with van der Waals surface area (Å²) >= 11 is 0. The van der Waals surface area contributed by atoms with Crippen LogP contribution in [0.5, 0.6) is 5.75 Å². The lowest BCUT2D eigenvalue weighted by molar-refractivity contribution is -0.116. The molecule has 0 bridgehead atoms. The molecule has 1 amide bonds. The Kier molecular flexibility index (Phi) is 5.61. The molecule has 1 atom stereocenters. The Morgan fingerprint density at radius 2 is 1.74 bits per heavy atom. The van der Waals surface area contributed by atoms with Crippen molar-refractivity contribution in [2.75, 3.05) is 5.32 Å². The van der Waals surface area contributed by atoms with Gasteiger partial charge in [0.05, 0.1) is 5.69 Å². The number of anilines is 1. The van der Waals surface area contributed by atoms with Crippen LogP contribution < -0.4 is 10.1 Å². The zero-order valence-corrected chi connectivity index (χ0v) is 19.8. The van der Waals surface area contributed by atoms with Crippen molar-refractivity contribution in [1.29, 1.82) is 0 Å². The summed E-state index contributed by atoms with van der Waals surface area (Å²) in [6.45, 7) is 8.39. The summed E-state index contributed by atoms with van der Waals surface area (Å²) < 4.78 is 7.62. The van der Waals surface area contributed by atoms with Gasteiger partial charge in [-0.25, -0.2) is 9.97 Å². The van der Waals surface area contributed by atoms with Gasteiger partial charge in [0.1, 0.15) is 18.2 Å². The molecule has 0 saturated heterocycles. The zero-order valence-electron chi connectivity index (χ0n) is 19.8. The van der Waals surface area contributed by atoms with Gasteiger partial charge in [-0.1, -0.05) is 42.0 Å². The third kappa shape index (κ3) is 4.29. The Bertz CT molecular complexity index is 1350. The number of aryl methyl sites for hydroxylation is 4. The van der Waals surface area contributed by atoms with Crippen LogP contribution in [0.4, 0.5) is 5.82 Å². The monoisotopic (exact) mass is 453 g/mol. The molecule has 1 N–H and O–H groups in total. The molecule has 0 spiro atoms. The van der Waals surface area contributed by atoms with E-state index in [1.807, 2.05) is 57.2 Å². The number of nitrogens with one attached hydrogen (secondary N) is 1. The first kappa shape index (κ1) is 21.8. The van der Waals surface area contributed by atoms with E-state index in [-0.39, 0.29) is 11.8 Å². The standard InChI is InChI=1S/C27H27N5O2/c1-16-6-5-7-20(12-16)15-34-22-10-8-21(9-11-22)23-14-24(33)30-26-25(23)19(4)31-32(26)27-28-17(2)13-18(3)29-27/h5-13,23H,14-15H2,1-4H3,(H,30,33)/t23-/m0/s1. The molecular formula is C27H27N5O2. The first-order valence-electron chi connectivity index (χ1n) is 11.4. The normalized spacial score (nSPS) is 15.1. The van der Waals surface area contributed by atoms with Crippen LogP contribution in [0, 0.1) is 27.7 Å². The van der Waals surface area contributed by atoms with E-state index in [0.717, 1.165) is 39.5 Å². The number of rotatable bonds is 5. The lowest BCUT2D eigenvalue weighted by atomic mass is 9.86. The third-order valence-corrected chi connectivity index (χ3v) is 6.03. The average molecular weight is 454 g/mol. The molecule has 172 valence electrons. The number of hydrogen-bond acceptors (Lipinski definition) is 5. The number of benzene rings is 2. The summed E-state index contributed by atoms with van der Waals surface area (Å²) in [4.78, 5) is 21.7. The Balaban J connectivity index is 1.43. The molecule has 7 heteroatoms. The number of carbonyl (C=O) groups excluding carboxylic acids is 1. The van der Waals surface area contributed by atoms with Crippen molar-refractivity contribution < 1.29 is 9.53 Å². The molecule has 0 fully saturated rings. The van der Waals surface area contributed by atoms with E-state index in [4.69, 9.17) is 9.84 Å². The second kappa shape index (κ2) is 8.74. The number of amides is 1. The summed E-state index contributed by atoms with van der Waals surface area (Å²) in [5, 5.41) is 7.69. The summed E-state index contributed by atoms with van der Waals surface area (Å²) in [6, 6.07) is 18.2. The summed E-state index contributed by atoms with van der Waals surface area (Å²) in [6.07, 6.45) is 0.358. The Morgan fingerprint density at radius 3 is 2.44 bits per heavy atom. The van der Waals surface area contributed by atoms with Gasteiger partial charge in [-0.3, -0.25) is 4.79 Å². The minimum absolute atomic E-state index is 0.0530. The van der Waals surface area contributed by atoms with Crippen LogP contribution in [0.1, 0.15) is 51.7 Å². The topological polar surface area (TPSA) is 81.9 Å². The number of carbonyl (C=O) groups is 1. The van der Waals surface area contributed by atoms with Crippen molar-refractivity contribution in [3.8, 4) is 11.7 Å². The van der Waals surface area contributed by atoms with E-state index in [0.29, 0.717) is 24.8 Å². The van der Waals surface area contributed by atoms with Gasteiger partial charge in [0.25, 0.3) is 5.95 Å². The second-order valence-electron chi connectivity index (χ2n) is 8.86. The summed E-state index contributed by atoms with van der Waals surface area (Å²) in [7, 11) is 0. The molecule has 1 aliphatic rings. The molecule has 0 unspecified atom stereocenters. The van der Waals surface area contributed by atoms with Crippen molar-refractivity contribution in [3.63, 3.8) is 0 Å². The van der Waals surface area contributed by atoms with Crippen LogP contribution in [-0.4, -0.2) is 25.7 Å². The summed E-state index contributed by atoms with van der Waals surface area (Å²) in [5.41, 5.74) is 6.94. The van der Waals surface area contributed by atoms with Crippen LogP contribution >= 0.6 is 0 Å². The highest BCUT2D eigenvalue weighted by molar-refractivity contribution is 5.95. The lowest BCUT2D eigenvalue weighted by Crippen LogP contribution is -2.25. The molecule has 0 radical (unpaired) electrons. The number of nitrogens with zero attached hydrogens (tertiary/aromatic N) is 4. The van der Waals surface area contributed by atoms with Gasteiger partial charge >= 0.3 is 0 Å². The van der Waals surface area contributed by atoms with Gasteiger partial charge in [0, 0.05) is 29.3 Å². The fourth-order valence-electron chi connectivity index (χ4n) is 4.54. The highest BCUT2D eigenvalue weighted by atomic mass is 16.5. The van der Waals surface area contributed by atoms with E-state index < -0.39 is 0 Å². The molecule has 7 nitrogen and oxygen atoms in total. The predicted octanol–water partition coefficient (Wildman–Crippen LogP) is 4.95. The molecule has 4 aromatic rings. The van der Waals surface area contributed by atoms with Crippen LogP contribution in [0.3, 0.4) is 0 Å². The first-order valence-corrected chi connectivity index (χ1v) is 11.4. The molecular weight excluding hydrogens is 426 g/mol. The van der Waals surface area contributed by atoms with Crippen molar-refractivity contribution in [2.45, 2.75) is 46.6 Å². The number of fused-ring (bicyclic) bond motifs is 1. The molecule has 5 rings (SSSR count). The summed E-state index contributed by atoms with van der Waals surface area (Å²) in [5.74, 6) is 1.74. The fourth-order valence-corrected chi connectivity index (χ4v) is 4.54. The molecule has 2 aromatic heterocycles.